The fourth-order valence-electron chi connectivity index (χ4n) is 1.65. The predicted molar refractivity (Wildman–Crippen MR) is 82.2 cm³/mol. The average Bonchev–Trinajstić information content (AvgIpc) is 2.47. The van der Waals surface area contributed by atoms with Gasteiger partial charge in [0, 0.05) is 17.8 Å². The summed E-state index contributed by atoms with van der Waals surface area (Å²) in [6.45, 7) is 0. The second-order valence-electron chi connectivity index (χ2n) is 4.16. The fraction of sp³-hybridized carbons (Fsp3) is 0. The Morgan fingerprint density at radius 3 is 2.57 bits per heavy atom. The normalized spacial score (nSPS) is 10.5. The van der Waals surface area contributed by atoms with Gasteiger partial charge in [0.1, 0.15) is 5.02 Å². The second kappa shape index (κ2) is 6.67. The number of benzene rings is 2. The molecular weight excluding hydrogens is 292 g/mol. The van der Waals surface area contributed by atoms with E-state index in [9.17, 15) is 14.9 Å². The van der Waals surface area contributed by atoms with Crippen LogP contribution in [0.25, 0.3) is 6.08 Å². The second-order valence-corrected chi connectivity index (χ2v) is 4.56. The molecule has 0 unspecified atom stereocenters. The van der Waals surface area contributed by atoms with Gasteiger partial charge in [-0.15, -0.1) is 0 Å². The molecule has 0 bridgehead atoms. The summed E-state index contributed by atoms with van der Waals surface area (Å²) >= 11 is 5.72. The number of carbonyl (C=O) groups excluding carboxylic acids is 1. The maximum Gasteiger partial charge on any atom is 0.288 e. The molecule has 6 heteroatoms. The number of halogens is 1. The number of nitrogens with one attached hydrogen (secondary N) is 1. The Balaban J connectivity index is 2.09. The summed E-state index contributed by atoms with van der Waals surface area (Å²) in [5, 5.41) is 13.5. The molecule has 1 N–H and O–H groups in total. The molecule has 0 saturated carbocycles. The van der Waals surface area contributed by atoms with E-state index in [1.807, 2.05) is 18.2 Å². The van der Waals surface area contributed by atoms with Crippen LogP contribution >= 0.6 is 11.6 Å². The number of nitrogens with zero attached hydrogens (tertiary/aromatic N) is 1. The van der Waals surface area contributed by atoms with Crippen molar-refractivity contribution < 1.29 is 9.72 Å². The zero-order chi connectivity index (χ0) is 15.2. The van der Waals surface area contributed by atoms with Crippen LogP contribution in [0.3, 0.4) is 0 Å². The van der Waals surface area contributed by atoms with Crippen LogP contribution in [-0.2, 0) is 4.79 Å². The Labute approximate surface area is 126 Å². The van der Waals surface area contributed by atoms with Crippen molar-refractivity contribution in [1.82, 2.24) is 0 Å². The third kappa shape index (κ3) is 4.15. The maximum atomic E-state index is 11.7. The molecule has 0 aliphatic heterocycles. The van der Waals surface area contributed by atoms with Gasteiger partial charge in [0.05, 0.1) is 4.92 Å². The zero-order valence-electron chi connectivity index (χ0n) is 10.8. The number of amides is 1. The van der Waals surface area contributed by atoms with Gasteiger partial charge >= 0.3 is 0 Å². The first-order valence-corrected chi connectivity index (χ1v) is 6.42. The van der Waals surface area contributed by atoms with Crippen molar-refractivity contribution in [3.05, 3.63) is 75.3 Å². The highest BCUT2D eigenvalue weighted by atomic mass is 35.5. The van der Waals surface area contributed by atoms with E-state index in [1.54, 1.807) is 18.2 Å². The molecule has 1 amide bonds. The van der Waals surface area contributed by atoms with Crippen LogP contribution in [0, 0.1) is 10.1 Å². The van der Waals surface area contributed by atoms with E-state index in [0.29, 0.717) is 11.3 Å². The minimum Gasteiger partial charge on any atom is -0.323 e. The van der Waals surface area contributed by atoms with Crippen LogP contribution in [0.4, 0.5) is 11.4 Å². The van der Waals surface area contributed by atoms with Crippen LogP contribution < -0.4 is 5.32 Å². The minimum absolute atomic E-state index is 0.0610. The van der Waals surface area contributed by atoms with E-state index < -0.39 is 4.92 Å². The molecule has 0 radical (unpaired) electrons. The summed E-state index contributed by atoms with van der Waals surface area (Å²) < 4.78 is 0. The fourth-order valence-corrected chi connectivity index (χ4v) is 1.84. The number of hydrogen-bond acceptors (Lipinski definition) is 3. The first-order chi connectivity index (χ1) is 10.1. The zero-order valence-corrected chi connectivity index (χ0v) is 11.6. The maximum absolute atomic E-state index is 11.7. The average molecular weight is 303 g/mol. The van der Waals surface area contributed by atoms with Crippen molar-refractivity contribution in [1.29, 1.82) is 0 Å². The Morgan fingerprint density at radius 1 is 1.19 bits per heavy atom. The highest BCUT2D eigenvalue weighted by molar-refractivity contribution is 6.32. The topological polar surface area (TPSA) is 72.2 Å². The molecule has 0 fully saturated rings. The summed E-state index contributed by atoms with van der Waals surface area (Å²) in [6, 6.07) is 13.3. The molecule has 0 heterocycles. The number of para-hydroxylation sites is 1. The third-order valence-corrected chi connectivity index (χ3v) is 2.95. The summed E-state index contributed by atoms with van der Waals surface area (Å²) in [5.41, 5.74) is 1.01. The van der Waals surface area contributed by atoms with Gasteiger partial charge in [0.25, 0.3) is 5.69 Å². The van der Waals surface area contributed by atoms with Gasteiger partial charge in [-0.25, -0.2) is 0 Å². The number of anilines is 1. The van der Waals surface area contributed by atoms with Crippen molar-refractivity contribution in [2.75, 3.05) is 5.32 Å². The smallest absolute Gasteiger partial charge is 0.288 e. The molecule has 106 valence electrons. The molecule has 21 heavy (non-hydrogen) atoms. The van der Waals surface area contributed by atoms with Crippen LogP contribution in [0.1, 0.15) is 5.56 Å². The highest BCUT2D eigenvalue weighted by Gasteiger charge is 2.11. The summed E-state index contributed by atoms with van der Waals surface area (Å²) in [6.07, 6.45) is 2.79. The largest absolute Gasteiger partial charge is 0.323 e. The van der Waals surface area contributed by atoms with Crippen LogP contribution in [0.5, 0.6) is 0 Å². The number of hydrogen-bond donors (Lipinski definition) is 1. The van der Waals surface area contributed by atoms with E-state index in [0.717, 1.165) is 0 Å². The molecule has 0 saturated heterocycles. The Bertz CT molecular complexity index is 699. The van der Waals surface area contributed by atoms with Gasteiger partial charge in [-0.2, -0.15) is 0 Å². The van der Waals surface area contributed by atoms with Crippen LogP contribution in [-0.4, -0.2) is 10.8 Å². The van der Waals surface area contributed by atoms with Gasteiger partial charge in [-0.1, -0.05) is 35.9 Å². The van der Waals surface area contributed by atoms with Crippen molar-refractivity contribution in [3.8, 4) is 0 Å². The van der Waals surface area contributed by atoms with Gasteiger partial charge < -0.3 is 5.32 Å². The Hall–Kier alpha value is -2.66. The van der Waals surface area contributed by atoms with Crippen molar-refractivity contribution >= 4 is 35.0 Å². The summed E-state index contributed by atoms with van der Waals surface area (Å²) in [5.74, 6) is -0.321. The number of rotatable bonds is 4. The lowest BCUT2D eigenvalue weighted by Gasteiger charge is -2.01. The van der Waals surface area contributed by atoms with E-state index in [1.165, 1.54) is 24.3 Å². The quantitative estimate of drug-likeness (QED) is 0.529. The monoisotopic (exact) mass is 302 g/mol. The van der Waals surface area contributed by atoms with E-state index in [4.69, 9.17) is 11.6 Å². The number of nitro benzene ring substituents is 1. The van der Waals surface area contributed by atoms with Crippen LogP contribution in [0.15, 0.2) is 54.6 Å². The molecular formula is C15H11ClN2O3. The van der Waals surface area contributed by atoms with Gasteiger partial charge in [-0.3, -0.25) is 14.9 Å². The van der Waals surface area contributed by atoms with E-state index in [-0.39, 0.29) is 16.6 Å². The summed E-state index contributed by atoms with van der Waals surface area (Å²) in [7, 11) is 0. The molecule has 0 atom stereocenters. The van der Waals surface area contributed by atoms with E-state index in [2.05, 4.69) is 5.32 Å². The lowest BCUT2D eigenvalue weighted by atomic mass is 10.2. The number of nitro groups is 1. The standard InChI is InChI=1S/C15H11ClN2O3/c16-13-8-6-11(10-14(13)18(20)21)7-9-15(19)17-12-4-2-1-3-5-12/h1-10H,(H,17,19)/b9-7+. The Morgan fingerprint density at radius 2 is 1.90 bits per heavy atom. The van der Waals surface area contributed by atoms with Crippen molar-refractivity contribution in [3.63, 3.8) is 0 Å². The summed E-state index contributed by atoms with van der Waals surface area (Å²) in [4.78, 5) is 21.9. The lowest BCUT2D eigenvalue weighted by Crippen LogP contribution is -2.07. The molecule has 2 aromatic carbocycles. The predicted octanol–water partition coefficient (Wildman–Crippen LogP) is 3.90. The van der Waals surface area contributed by atoms with Gasteiger partial charge in [-0.05, 0) is 29.8 Å². The molecule has 2 aromatic rings. The van der Waals surface area contributed by atoms with Crippen LogP contribution in [0.2, 0.25) is 5.02 Å². The third-order valence-electron chi connectivity index (χ3n) is 2.64. The van der Waals surface area contributed by atoms with Gasteiger partial charge in [0.15, 0.2) is 0 Å². The number of carbonyl (C=O) groups is 1. The molecule has 5 nitrogen and oxygen atoms in total. The molecule has 0 aliphatic rings. The molecule has 2 rings (SSSR count). The minimum atomic E-state index is -0.566. The van der Waals surface area contributed by atoms with Crippen molar-refractivity contribution in [2.45, 2.75) is 0 Å². The molecule has 0 aliphatic carbocycles. The molecule has 0 aromatic heterocycles. The molecule has 0 spiro atoms. The van der Waals surface area contributed by atoms with Gasteiger partial charge in [0.2, 0.25) is 5.91 Å². The van der Waals surface area contributed by atoms with E-state index >= 15 is 0 Å². The SMILES string of the molecule is O=C(/C=C/c1ccc(Cl)c([N+](=O)[O-])c1)Nc1ccccc1. The van der Waals surface area contributed by atoms with Crippen molar-refractivity contribution in [2.24, 2.45) is 0 Å². The lowest BCUT2D eigenvalue weighted by molar-refractivity contribution is -0.384. The highest BCUT2D eigenvalue weighted by Crippen LogP contribution is 2.25. The first-order valence-electron chi connectivity index (χ1n) is 6.04. The first kappa shape index (κ1) is 14.7. The Kier molecular flexibility index (Phi) is 4.68.